The molecule has 1 aromatic carbocycles. The summed E-state index contributed by atoms with van der Waals surface area (Å²) in [5, 5.41) is 9.90. The third-order valence-electron chi connectivity index (χ3n) is 2.30. The molecule has 4 heteroatoms. The minimum Gasteiger partial charge on any atom is -0.276 e. The van der Waals surface area contributed by atoms with Crippen molar-refractivity contribution in [1.29, 1.82) is 0 Å². The van der Waals surface area contributed by atoms with Crippen LogP contribution in [0.1, 0.15) is 0 Å². The number of benzene rings is 1. The Bertz CT molecular complexity index is 569. The molecule has 3 rings (SSSR count). The summed E-state index contributed by atoms with van der Waals surface area (Å²) in [5.41, 5.74) is 3.05. The fourth-order valence-electron chi connectivity index (χ4n) is 1.51. The second-order valence-electron chi connectivity index (χ2n) is 3.37. The molecular formula is C12H9N3S. The molecule has 0 spiro atoms. The largest absolute Gasteiger partial charge is 0.276 e. The molecule has 3 nitrogen and oxygen atoms in total. The standard InChI is InChI=1S/C12H9N3S/c1-2-4-9(5-3-1)12-14-11(8-16-12)10-6-7-13-15-10/h1-8H,(H,13,15). The molecule has 0 bridgehead atoms. The highest BCUT2D eigenvalue weighted by Gasteiger charge is 2.06. The molecular weight excluding hydrogens is 218 g/mol. The second kappa shape index (κ2) is 3.90. The van der Waals surface area contributed by atoms with E-state index in [1.807, 2.05) is 29.6 Å². The van der Waals surface area contributed by atoms with Gasteiger partial charge in [0, 0.05) is 17.1 Å². The van der Waals surface area contributed by atoms with E-state index in [9.17, 15) is 0 Å². The van der Waals surface area contributed by atoms with Crippen LogP contribution in [0, 0.1) is 0 Å². The van der Waals surface area contributed by atoms with Gasteiger partial charge in [-0.15, -0.1) is 11.3 Å². The molecule has 0 saturated heterocycles. The number of thiazole rings is 1. The Morgan fingerprint density at radius 3 is 2.69 bits per heavy atom. The fourth-order valence-corrected chi connectivity index (χ4v) is 2.34. The summed E-state index contributed by atoms with van der Waals surface area (Å²) in [5.74, 6) is 0. The average Bonchev–Trinajstić information content (AvgIpc) is 3.01. The molecule has 0 amide bonds. The molecule has 0 aliphatic rings. The lowest BCUT2D eigenvalue weighted by molar-refractivity contribution is 1.09. The van der Waals surface area contributed by atoms with Crippen molar-refractivity contribution < 1.29 is 0 Å². The lowest BCUT2D eigenvalue weighted by Gasteiger charge is -1.93. The Labute approximate surface area is 96.8 Å². The summed E-state index contributed by atoms with van der Waals surface area (Å²) < 4.78 is 0. The van der Waals surface area contributed by atoms with Gasteiger partial charge >= 0.3 is 0 Å². The van der Waals surface area contributed by atoms with Crippen LogP contribution in [0.5, 0.6) is 0 Å². The first kappa shape index (κ1) is 9.30. The predicted octanol–water partition coefficient (Wildman–Crippen LogP) is 3.20. The van der Waals surface area contributed by atoms with Crippen molar-refractivity contribution in [3.63, 3.8) is 0 Å². The first-order chi connectivity index (χ1) is 7.93. The van der Waals surface area contributed by atoms with E-state index < -0.39 is 0 Å². The van der Waals surface area contributed by atoms with Gasteiger partial charge in [-0.05, 0) is 6.07 Å². The Hall–Kier alpha value is -1.94. The van der Waals surface area contributed by atoms with E-state index >= 15 is 0 Å². The summed E-state index contributed by atoms with van der Waals surface area (Å²) in [6.45, 7) is 0. The molecule has 2 aromatic heterocycles. The highest BCUT2D eigenvalue weighted by Crippen LogP contribution is 2.27. The van der Waals surface area contributed by atoms with E-state index in [0.717, 1.165) is 22.0 Å². The lowest BCUT2D eigenvalue weighted by atomic mass is 10.2. The van der Waals surface area contributed by atoms with Crippen LogP contribution in [0.4, 0.5) is 0 Å². The zero-order valence-corrected chi connectivity index (χ0v) is 9.24. The summed E-state index contributed by atoms with van der Waals surface area (Å²) >= 11 is 1.64. The maximum Gasteiger partial charge on any atom is 0.124 e. The van der Waals surface area contributed by atoms with Gasteiger partial charge in [0.15, 0.2) is 0 Å². The molecule has 2 heterocycles. The predicted molar refractivity (Wildman–Crippen MR) is 65.1 cm³/mol. The van der Waals surface area contributed by atoms with Crippen molar-refractivity contribution in [3.8, 4) is 22.0 Å². The van der Waals surface area contributed by atoms with Gasteiger partial charge in [0.05, 0.1) is 11.4 Å². The van der Waals surface area contributed by atoms with Gasteiger partial charge in [-0.25, -0.2) is 4.98 Å². The zero-order valence-electron chi connectivity index (χ0n) is 8.42. The molecule has 78 valence electrons. The van der Waals surface area contributed by atoms with Gasteiger partial charge in [0.1, 0.15) is 5.01 Å². The van der Waals surface area contributed by atoms with Crippen molar-refractivity contribution in [3.05, 3.63) is 48.0 Å². The number of aromatic amines is 1. The Kier molecular flexibility index (Phi) is 2.27. The monoisotopic (exact) mass is 227 g/mol. The number of nitrogens with zero attached hydrogens (tertiary/aromatic N) is 2. The van der Waals surface area contributed by atoms with Crippen LogP contribution in [0.25, 0.3) is 22.0 Å². The normalized spacial score (nSPS) is 10.5. The smallest absolute Gasteiger partial charge is 0.124 e. The minimum absolute atomic E-state index is 0.946. The van der Waals surface area contributed by atoms with Crippen molar-refractivity contribution in [2.24, 2.45) is 0 Å². The van der Waals surface area contributed by atoms with Crippen LogP contribution in [0.3, 0.4) is 0 Å². The van der Waals surface area contributed by atoms with Crippen LogP contribution in [0.2, 0.25) is 0 Å². The summed E-state index contributed by atoms with van der Waals surface area (Å²) in [4.78, 5) is 4.57. The van der Waals surface area contributed by atoms with E-state index in [0.29, 0.717) is 0 Å². The molecule has 0 fully saturated rings. The fraction of sp³-hybridized carbons (Fsp3) is 0. The van der Waals surface area contributed by atoms with Gasteiger partial charge < -0.3 is 0 Å². The molecule has 3 aromatic rings. The number of H-pyrrole nitrogens is 1. The van der Waals surface area contributed by atoms with E-state index in [1.54, 1.807) is 17.5 Å². The second-order valence-corrected chi connectivity index (χ2v) is 4.23. The van der Waals surface area contributed by atoms with Crippen LogP contribution >= 0.6 is 11.3 Å². The highest BCUT2D eigenvalue weighted by molar-refractivity contribution is 7.13. The third-order valence-corrected chi connectivity index (χ3v) is 3.19. The van der Waals surface area contributed by atoms with Crippen LogP contribution < -0.4 is 0 Å². The number of hydrogen-bond donors (Lipinski definition) is 1. The average molecular weight is 227 g/mol. The third kappa shape index (κ3) is 1.63. The molecule has 0 unspecified atom stereocenters. The first-order valence-corrected chi connectivity index (χ1v) is 5.82. The summed E-state index contributed by atoms with van der Waals surface area (Å²) in [7, 11) is 0. The maximum atomic E-state index is 4.57. The zero-order chi connectivity index (χ0) is 10.8. The Morgan fingerprint density at radius 2 is 1.94 bits per heavy atom. The summed E-state index contributed by atoms with van der Waals surface area (Å²) in [6.07, 6.45) is 1.73. The van der Waals surface area contributed by atoms with Crippen molar-refractivity contribution in [2.75, 3.05) is 0 Å². The number of rotatable bonds is 2. The van der Waals surface area contributed by atoms with E-state index in [2.05, 4.69) is 27.3 Å². The van der Waals surface area contributed by atoms with Gasteiger partial charge in [0.25, 0.3) is 0 Å². The maximum absolute atomic E-state index is 4.57. The van der Waals surface area contributed by atoms with Crippen molar-refractivity contribution >= 4 is 11.3 Å². The van der Waals surface area contributed by atoms with Gasteiger partial charge in [-0.2, -0.15) is 5.10 Å². The quantitative estimate of drug-likeness (QED) is 0.730. The van der Waals surface area contributed by atoms with E-state index in [1.165, 1.54) is 0 Å². The van der Waals surface area contributed by atoms with Crippen LogP contribution in [-0.4, -0.2) is 15.2 Å². The Balaban J connectivity index is 2.00. The SMILES string of the molecule is c1ccc(-c2nc(-c3ccn[nH]3)cs2)cc1. The molecule has 16 heavy (non-hydrogen) atoms. The van der Waals surface area contributed by atoms with Crippen LogP contribution in [0.15, 0.2) is 48.0 Å². The van der Waals surface area contributed by atoms with Crippen molar-refractivity contribution in [2.45, 2.75) is 0 Å². The molecule has 0 saturated carbocycles. The molecule has 0 atom stereocenters. The molecule has 1 N–H and O–H groups in total. The molecule has 0 radical (unpaired) electrons. The summed E-state index contributed by atoms with van der Waals surface area (Å²) in [6, 6.07) is 12.1. The highest BCUT2D eigenvalue weighted by atomic mass is 32.1. The molecule has 0 aliphatic carbocycles. The van der Waals surface area contributed by atoms with Crippen LogP contribution in [-0.2, 0) is 0 Å². The number of hydrogen-bond acceptors (Lipinski definition) is 3. The van der Waals surface area contributed by atoms with E-state index in [-0.39, 0.29) is 0 Å². The Morgan fingerprint density at radius 1 is 1.06 bits per heavy atom. The van der Waals surface area contributed by atoms with Crippen molar-refractivity contribution in [1.82, 2.24) is 15.2 Å². The topological polar surface area (TPSA) is 41.6 Å². The first-order valence-electron chi connectivity index (χ1n) is 4.94. The number of nitrogens with one attached hydrogen (secondary N) is 1. The minimum atomic E-state index is 0.946. The number of aromatic nitrogens is 3. The lowest BCUT2D eigenvalue weighted by Crippen LogP contribution is -1.79. The van der Waals surface area contributed by atoms with Gasteiger partial charge in [0.2, 0.25) is 0 Å². The van der Waals surface area contributed by atoms with Gasteiger partial charge in [-0.1, -0.05) is 30.3 Å². The van der Waals surface area contributed by atoms with E-state index in [4.69, 9.17) is 0 Å². The molecule has 0 aliphatic heterocycles. The van der Waals surface area contributed by atoms with Gasteiger partial charge in [-0.3, -0.25) is 5.10 Å².